The molecule has 1 aromatic rings. The lowest BCUT2D eigenvalue weighted by atomic mass is 10.0. The smallest absolute Gasteiger partial charge is 0.387 e. The van der Waals surface area contributed by atoms with E-state index in [1.54, 1.807) is 6.92 Å². The molecule has 21 heavy (non-hydrogen) atoms. The number of alkyl halides is 2. The van der Waals surface area contributed by atoms with Crippen LogP contribution in [0, 0.1) is 0 Å². The van der Waals surface area contributed by atoms with Crippen LogP contribution in [0.4, 0.5) is 8.78 Å². The molecule has 1 rings (SSSR count). The number of halogens is 2. The SMILES string of the molecule is CCOC(=O)CCc1cccc(C(=O)OC)c1OC(F)F. The Kier molecular flexibility index (Phi) is 6.58. The van der Waals surface area contributed by atoms with Crippen molar-refractivity contribution in [2.75, 3.05) is 13.7 Å². The highest BCUT2D eigenvalue weighted by atomic mass is 19.3. The van der Waals surface area contributed by atoms with Crippen LogP contribution in [0.15, 0.2) is 18.2 Å². The van der Waals surface area contributed by atoms with Crippen LogP contribution in [0.1, 0.15) is 29.3 Å². The Morgan fingerprint density at radius 3 is 2.57 bits per heavy atom. The number of benzene rings is 1. The first-order valence-corrected chi connectivity index (χ1v) is 6.30. The topological polar surface area (TPSA) is 61.8 Å². The summed E-state index contributed by atoms with van der Waals surface area (Å²) in [6.07, 6.45) is 0.115. The molecule has 1 aromatic carbocycles. The van der Waals surface area contributed by atoms with Crippen LogP contribution in [-0.2, 0) is 20.7 Å². The second kappa shape index (κ2) is 8.18. The van der Waals surface area contributed by atoms with Crippen LogP contribution in [0.5, 0.6) is 5.75 Å². The molecule has 0 amide bonds. The fourth-order valence-corrected chi connectivity index (χ4v) is 1.75. The van der Waals surface area contributed by atoms with E-state index in [9.17, 15) is 18.4 Å². The van der Waals surface area contributed by atoms with Gasteiger partial charge in [0.15, 0.2) is 0 Å². The van der Waals surface area contributed by atoms with Crippen LogP contribution < -0.4 is 4.74 Å². The molecule has 0 saturated heterocycles. The molecule has 0 aliphatic rings. The standard InChI is InChI=1S/C14H16F2O5/c1-3-20-11(17)8-7-9-5-4-6-10(13(18)19-2)12(9)21-14(15)16/h4-6,14H,3,7-8H2,1-2H3. The van der Waals surface area contributed by atoms with Gasteiger partial charge >= 0.3 is 18.6 Å². The summed E-state index contributed by atoms with van der Waals surface area (Å²) >= 11 is 0. The zero-order valence-electron chi connectivity index (χ0n) is 11.7. The molecular formula is C14H16F2O5. The van der Waals surface area contributed by atoms with Crippen LogP contribution in [0.25, 0.3) is 0 Å². The number of para-hydroxylation sites is 1. The minimum Gasteiger partial charge on any atom is -0.466 e. The average Bonchev–Trinajstić information content (AvgIpc) is 2.45. The summed E-state index contributed by atoms with van der Waals surface area (Å²) in [6.45, 7) is -1.18. The van der Waals surface area contributed by atoms with Crippen molar-refractivity contribution < 1.29 is 32.6 Å². The van der Waals surface area contributed by atoms with Gasteiger partial charge in [0.1, 0.15) is 11.3 Å². The molecule has 0 unspecified atom stereocenters. The van der Waals surface area contributed by atoms with Gasteiger partial charge in [0.2, 0.25) is 0 Å². The van der Waals surface area contributed by atoms with E-state index in [0.717, 1.165) is 7.11 Å². The van der Waals surface area contributed by atoms with Gasteiger partial charge < -0.3 is 14.2 Å². The minimum absolute atomic E-state index is 0.00192. The van der Waals surface area contributed by atoms with E-state index >= 15 is 0 Å². The highest BCUT2D eigenvalue weighted by Gasteiger charge is 2.20. The van der Waals surface area contributed by atoms with Gasteiger partial charge in [0.25, 0.3) is 0 Å². The second-order valence-electron chi connectivity index (χ2n) is 3.97. The molecule has 0 atom stereocenters. The molecule has 0 heterocycles. The number of carbonyl (C=O) groups is 2. The average molecular weight is 302 g/mol. The van der Waals surface area contributed by atoms with Gasteiger partial charge in [-0.1, -0.05) is 12.1 Å². The Bertz CT molecular complexity index is 502. The number of hydrogen-bond acceptors (Lipinski definition) is 5. The summed E-state index contributed by atoms with van der Waals surface area (Å²) < 4.78 is 38.7. The Balaban J connectivity index is 3.01. The van der Waals surface area contributed by atoms with Crippen LogP contribution >= 0.6 is 0 Å². The van der Waals surface area contributed by atoms with Gasteiger partial charge in [-0.3, -0.25) is 4.79 Å². The highest BCUT2D eigenvalue weighted by Crippen LogP contribution is 2.28. The molecule has 0 aliphatic heterocycles. The fraction of sp³-hybridized carbons (Fsp3) is 0.429. The summed E-state index contributed by atoms with van der Waals surface area (Å²) in [6, 6.07) is 4.33. The first-order valence-electron chi connectivity index (χ1n) is 6.30. The maximum absolute atomic E-state index is 12.5. The Morgan fingerprint density at radius 2 is 2.00 bits per heavy atom. The number of rotatable bonds is 7. The molecule has 0 radical (unpaired) electrons. The zero-order chi connectivity index (χ0) is 15.8. The quantitative estimate of drug-likeness (QED) is 0.724. The third kappa shape index (κ3) is 5.02. The molecule has 0 fully saturated rings. The predicted molar refractivity (Wildman–Crippen MR) is 69.4 cm³/mol. The van der Waals surface area contributed by atoms with Crippen molar-refractivity contribution in [2.45, 2.75) is 26.4 Å². The van der Waals surface area contributed by atoms with Gasteiger partial charge in [0, 0.05) is 6.42 Å². The van der Waals surface area contributed by atoms with Crippen molar-refractivity contribution in [3.05, 3.63) is 29.3 Å². The number of carbonyl (C=O) groups excluding carboxylic acids is 2. The molecule has 5 nitrogen and oxygen atoms in total. The Morgan fingerprint density at radius 1 is 1.29 bits per heavy atom. The van der Waals surface area contributed by atoms with Gasteiger partial charge in [0.05, 0.1) is 13.7 Å². The monoisotopic (exact) mass is 302 g/mol. The van der Waals surface area contributed by atoms with Gasteiger partial charge in [-0.25, -0.2) is 4.79 Å². The van der Waals surface area contributed by atoms with E-state index in [2.05, 4.69) is 9.47 Å². The maximum Gasteiger partial charge on any atom is 0.387 e. The van der Waals surface area contributed by atoms with Crippen LogP contribution in [0.2, 0.25) is 0 Å². The summed E-state index contributed by atoms with van der Waals surface area (Å²) in [5.41, 5.74) is 0.199. The number of ether oxygens (including phenoxy) is 3. The lowest BCUT2D eigenvalue weighted by Crippen LogP contribution is -2.12. The van der Waals surface area contributed by atoms with Gasteiger partial charge in [-0.15, -0.1) is 0 Å². The largest absolute Gasteiger partial charge is 0.466 e. The molecule has 0 N–H and O–H groups in total. The number of hydrogen-bond donors (Lipinski definition) is 0. The third-order valence-electron chi connectivity index (χ3n) is 2.61. The number of aryl methyl sites for hydroxylation is 1. The normalized spacial score (nSPS) is 10.3. The van der Waals surface area contributed by atoms with E-state index in [0.29, 0.717) is 5.56 Å². The molecule has 0 spiro atoms. The van der Waals surface area contributed by atoms with E-state index in [4.69, 9.17) is 4.74 Å². The molecule has 116 valence electrons. The van der Waals surface area contributed by atoms with Crippen molar-refractivity contribution in [1.82, 2.24) is 0 Å². The lowest BCUT2D eigenvalue weighted by Gasteiger charge is -2.14. The van der Waals surface area contributed by atoms with E-state index in [1.165, 1.54) is 18.2 Å². The van der Waals surface area contributed by atoms with Gasteiger partial charge in [-0.05, 0) is 25.0 Å². The van der Waals surface area contributed by atoms with Crippen molar-refractivity contribution >= 4 is 11.9 Å². The molecule has 7 heteroatoms. The van der Waals surface area contributed by atoms with Gasteiger partial charge in [-0.2, -0.15) is 8.78 Å². The van der Waals surface area contributed by atoms with Crippen molar-refractivity contribution in [3.8, 4) is 5.75 Å². The van der Waals surface area contributed by atoms with E-state index < -0.39 is 18.6 Å². The van der Waals surface area contributed by atoms with Crippen molar-refractivity contribution in [3.63, 3.8) is 0 Å². The second-order valence-corrected chi connectivity index (χ2v) is 3.97. The highest BCUT2D eigenvalue weighted by molar-refractivity contribution is 5.93. The fourth-order valence-electron chi connectivity index (χ4n) is 1.75. The van der Waals surface area contributed by atoms with Crippen LogP contribution in [0.3, 0.4) is 0 Å². The number of methoxy groups -OCH3 is 1. The molecule has 0 aromatic heterocycles. The van der Waals surface area contributed by atoms with Crippen LogP contribution in [-0.4, -0.2) is 32.3 Å². The Labute approximate surface area is 120 Å². The Hall–Kier alpha value is -2.18. The minimum atomic E-state index is -3.09. The molecule has 0 bridgehead atoms. The summed E-state index contributed by atoms with van der Waals surface area (Å²) in [7, 11) is 1.14. The number of esters is 2. The third-order valence-corrected chi connectivity index (χ3v) is 2.61. The first-order chi connectivity index (χ1) is 9.99. The van der Waals surface area contributed by atoms with E-state index in [-0.39, 0.29) is 30.8 Å². The predicted octanol–water partition coefficient (Wildman–Crippen LogP) is 2.57. The van der Waals surface area contributed by atoms with Crippen molar-refractivity contribution in [1.29, 1.82) is 0 Å². The summed E-state index contributed by atoms with van der Waals surface area (Å²) in [5, 5.41) is 0. The lowest BCUT2D eigenvalue weighted by molar-refractivity contribution is -0.143. The van der Waals surface area contributed by atoms with Crippen molar-refractivity contribution in [2.24, 2.45) is 0 Å². The summed E-state index contributed by atoms with van der Waals surface area (Å²) in [4.78, 5) is 22.9. The zero-order valence-corrected chi connectivity index (χ0v) is 11.7. The molecule has 0 saturated carbocycles. The summed E-state index contributed by atoms with van der Waals surface area (Å²) in [5.74, 6) is -1.52. The van der Waals surface area contributed by atoms with E-state index in [1.807, 2.05) is 0 Å². The molecular weight excluding hydrogens is 286 g/mol. The maximum atomic E-state index is 12.5. The molecule has 0 aliphatic carbocycles. The first kappa shape index (κ1) is 16.9.